The second-order valence-corrected chi connectivity index (χ2v) is 5.21. The van der Waals surface area contributed by atoms with Crippen LogP contribution >= 0.6 is 11.6 Å². The monoisotopic (exact) mass is 320 g/mol. The molecule has 0 fully saturated rings. The van der Waals surface area contributed by atoms with Crippen molar-refractivity contribution < 1.29 is 9.47 Å². The molecular weight excluding hydrogens is 300 g/mol. The highest BCUT2D eigenvalue weighted by molar-refractivity contribution is 6.32. The van der Waals surface area contributed by atoms with Gasteiger partial charge >= 0.3 is 0 Å². The Balaban J connectivity index is 1.69. The van der Waals surface area contributed by atoms with Gasteiger partial charge in [-0.25, -0.2) is 0 Å². The van der Waals surface area contributed by atoms with Crippen LogP contribution in [0.25, 0.3) is 0 Å². The van der Waals surface area contributed by atoms with Crippen LogP contribution in [0.3, 0.4) is 0 Å². The molecule has 4 nitrogen and oxygen atoms in total. The molecule has 0 aliphatic rings. The summed E-state index contributed by atoms with van der Waals surface area (Å²) in [5.41, 5.74) is 2.21. The van der Waals surface area contributed by atoms with Gasteiger partial charge in [0, 0.05) is 25.3 Å². The molecule has 0 bridgehead atoms. The molecule has 118 valence electrons. The van der Waals surface area contributed by atoms with Crippen LogP contribution in [0.15, 0.2) is 42.5 Å². The van der Waals surface area contributed by atoms with Gasteiger partial charge in [-0.1, -0.05) is 23.7 Å². The van der Waals surface area contributed by atoms with Crippen LogP contribution in [0.5, 0.6) is 11.5 Å². The lowest BCUT2D eigenvalue weighted by atomic mass is 10.2. The van der Waals surface area contributed by atoms with E-state index < -0.39 is 0 Å². The molecule has 2 N–H and O–H groups in total. The fraction of sp³-hybridized carbons (Fsp3) is 0.294. The molecule has 0 spiro atoms. The first kappa shape index (κ1) is 16.5. The summed E-state index contributed by atoms with van der Waals surface area (Å²) < 4.78 is 10.3. The van der Waals surface area contributed by atoms with Crippen molar-refractivity contribution in [3.63, 3.8) is 0 Å². The Labute approximate surface area is 136 Å². The molecule has 5 heteroatoms. The summed E-state index contributed by atoms with van der Waals surface area (Å²) in [6.07, 6.45) is 0. The lowest BCUT2D eigenvalue weighted by Gasteiger charge is -2.10. The average molecular weight is 321 g/mol. The number of nitrogens with one attached hydrogen (secondary N) is 2. The molecule has 0 atom stereocenters. The molecular formula is C17H21ClN2O2. The van der Waals surface area contributed by atoms with E-state index in [2.05, 4.69) is 22.8 Å². The minimum Gasteiger partial charge on any atom is -0.497 e. The number of rotatable bonds is 8. The Morgan fingerprint density at radius 2 is 1.73 bits per heavy atom. The Hall–Kier alpha value is -1.91. The number of anilines is 1. The number of methoxy groups -OCH3 is 2. The topological polar surface area (TPSA) is 42.5 Å². The number of benzene rings is 2. The highest BCUT2D eigenvalue weighted by atomic mass is 35.5. The van der Waals surface area contributed by atoms with Gasteiger partial charge in [-0.05, 0) is 35.9 Å². The smallest absolute Gasteiger partial charge is 0.137 e. The summed E-state index contributed by atoms with van der Waals surface area (Å²) in [4.78, 5) is 0. The lowest BCUT2D eigenvalue weighted by molar-refractivity contribution is 0.414. The molecule has 2 aromatic carbocycles. The first-order valence-corrected chi connectivity index (χ1v) is 7.52. The maximum absolute atomic E-state index is 6.08. The second-order valence-electron chi connectivity index (χ2n) is 4.80. The highest BCUT2D eigenvalue weighted by Crippen LogP contribution is 2.26. The van der Waals surface area contributed by atoms with Gasteiger partial charge in [0.25, 0.3) is 0 Å². The molecule has 2 aromatic rings. The third-order valence-electron chi connectivity index (χ3n) is 3.27. The standard InChI is InChI=1S/C17H21ClN2O2/c1-21-15-6-3-13(4-7-15)12-19-9-10-20-14-5-8-17(22-2)16(18)11-14/h3-8,11,19-20H,9-10,12H2,1-2H3. The molecule has 0 aliphatic heterocycles. The third kappa shape index (κ3) is 4.83. The van der Waals surface area contributed by atoms with E-state index in [1.165, 1.54) is 5.56 Å². The van der Waals surface area contributed by atoms with Crippen molar-refractivity contribution in [2.24, 2.45) is 0 Å². The van der Waals surface area contributed by atoms with Gasteiger partial charge in [0.1, 0.15) is 11.5 Å². The van der Waals surface area contributed by atoms with Crippen LogP contribution in [0.2, 0.25) is 5.02 Å². The highest BCUT2D eigenvalue weighted by Gasteiger charge is 2.01. The van der Waals surface area contributed by atoms with Crippen LogP contribution in [0.1, 0.15) is 5.56 Å². The van der Waals surface area contributed by atoms with Gasteiger partial charge in [-0.3, -0.25) is 0 Å². The van der Waals surface area contributed by atoms with E-state index >= 15 is 0 Å². The van der Waals surface area contributed by atoms with E-state index in [0.717, 1.165) is 31.1 Å². The van der Waals surface area contributed by atoms with Crippen molar-refractivity contribution in [3.8, 4) is 11.5 Å². The predicted molar refractivity (Wildman–Crippen MR) is 91.2 cm³/mol. The molecule has 22 heavy (non-hydrogen) atoms. The molecule has 0 saturated heterocycles. The molecule has 0 aromatic heterocycles. The van der Waals surface area contributed by atoms with Crippen molar-refractivity contribution in [2.75, 3.05) is 32.6 Å². The maximum atomic E-state index is 6.08. The Bertz CT molecular complexity index is 588. The Morgan fingerprint density at radius 3 is 2.36 bits per heavy atom. The minimum absolute atomic E-state index is 0.610. The van der Waals surface area contributed by atoms with Gasteiger partial charge < -0.3 is 20.1 Å². The third-order valence-corrected chi connectivity index (χ3v) is 3.57. The quantitative estimate of drug-likeness (QED) is 0.730. The van der Waals surface area contributed by atoms with E-state index in [4.69, 9.17) is 21.1 Å². The Morgan fingerprint density at radius 1 is 0.955 bits per heavy atom. The zero-order valence-electron chi connectivity index (χ0n) is 12.9. The number of hydrogen-bond acceptors (Lipinski definition) is 4. The van der Waals surface area contributed by atoms with E-state index in [1.54, 1.807) is 14.2 Å². The first-order valence-electron chi connectivity index (χ1n) is 7.14. The summed E-state index contributed by atoms with van der Waals surface area (Å²) in [5.74, 6) is 1.56. The van der Waals surface area contributed by atoms with Crippen molar-refractivity contribution >= 4 is 17.3 Å². The maximum Gasteiger partial charge on any atom is 0.137 e. The Kier molecular flexibility index (Phi) is 6.37. The fourth-order valence-corrected chi connectivity index (χ4v) is 2.31. The van der Waals surface area contributed by atoms with Gasteiger partial charge in [-0.15, -0.1) is 0 Å². The van der Waals surface area contributed by atoms with Crippen LogP contribution in [-0.2, 0) is 6.54 Å². The van der Waals surface area contributed by atoms with E-state index in [-0.39, 0.29) is 0 Å². The van der Waals surface area contributed by atoms with Crippen molar-refractivity contribution in [3.05, 3.63) is 53.1 Å². The van der Waals surface area contributed by atoms with Gasteiger partial charge in [0.2, 0.25) is 0 Å². The molecule has 0 unspecified atom stereocenters. The first-order chi connectivity index (χ1) is 10.7. The van der Waals surface area contributed by atoms with Gasteiger partial charge in [0.05, 0.1) is 19.2 Å². The average Bonchev–Trinajstić information content (AvgIpc) is 2.55. The summed E-state index contributed by atoms with van der Waals surface area (Å²) >= 11 is 6.08. The summed E-state index contributed by atoms with van der Waals surface area (Å²) in [6, 6.07) is 13.7. The summed E-state index contributed by atoms with van der Waals surface area (Å²) in [7, 11) is 3.28. The van der Waals surface area contributed by atoms with E-state index in [9.17, 15) is 0 Å². The zero-order chi connectivity index (χ0) is 15.8. The van der Waals surface area contributed by atoms with Crippen molar-refractivity contribution in [2.45, 2.75) is 6.54 Å². The lowest BCUT2D eigenvalue weighted by Crippen LogP contribution is -2.21. The SMILES string of the molecule is COc1ccc(CNCCNc2ccc(OC)c(Cl)c2)cc1. The number of hydrogen-bond donors (Lipinski definition) is 2. The molecule has 0 amide bonds. The van der Waals surface area contributed by atoms with Gasteiger partial charge in [0.15, 0.2) is 0 Å². The van der Waals surface area contributed by atoms with E-state index in [0.29, 0.717) is 10.8 Å². The fourth-order valence-electron chi connectivity index (χ4n) is 2.05. The molecule has 2 rings (SSSR count). The normalized spacial score (nSPS) is 10.3. The second kappa shape index (κ2) is 8.51. The van der Waals surface area contributed by atoms with Crippen LogP contribution in [0.4, 0.5) is 5.69 Å². The van der Waals surface area contributed by atoms with Crippen LogP contribution < -0.4 is 20.1 Å². The van der Waals surface area contributed by atoms with Crippen molar-refractivity contribution in [1.82, 2.24) is 5.32 Å². The largest absolute Gasteiger partial charge is 0.497 e. The van der Waals surface area contributed by atoms with Gasteiger partial charge in [-0.2, -0.15) is 0 Å². The van der Waals surface area contributed by atoms with Crippen LogP contribution in [-0.4, -0.2) is 27.3 Å². The minimum atomic E-state index is 0.610. The van der Waals surface area contributed by atoms with Crippen LogP contribution in [0, 0.1) is 0 Å². The molecule has 0 radical (unpaired) electrons. The van der Waals surface area contributed by atoms with E-state index in [1.807, 2.05) is 30.3 Å². The number of halogens is 1. The zero-order valence-corrected chi connectivity index (χ0v) is 13.6. The van der Waals surface area contributed by atoms with Crippen molar-refractivity contribution in [1.29, 1.82) is 0 Å². The molecule has 0 aliphatic carbocycles. The molecule has 0 heterocycles. The number of ether oxygens (including phenoxy) is 2. The molecule has 0 saturated carbocycles. The predicted octanol–water partition coefficient (Wildman–Crippen LogP) is 3.56. The summed E-state index contributed by atoms with van der Waals surface area (Å²) in [6.45, 7) is 2.50. The summed E-state index contributed by atoms with van der Waals surface area (Å²) in [5, 5.41) is 7.31.